The highest BCUT2D eigenvalue weighted by Gasteiger charge is 2.28. The van der Waals surface area contributed by atoms with Crippen molar-refractivity contribution < 1.29 is 47.5 Å². The van der Waals surface area contributed by atoms with Crippen LogP contribution >= 0.6 is 7.82 Å². The van der Waals surface area contributed by atoms with E-state index in [0.29, 0.717) is 12.8 Å². The number of esters is 2. The maximum Gasteiger partial charge on any atom is 0.472 e. The number of ether oxygens (including phenoxy) is 2. The van der Waals surface area contributed by atoms with Gasteiger partial charge in [-0.2, -0.15) is 0 Å². The van der Waals surface area contributed by atoms with E-state index in [1.54, 1.807) is 0 Å². The normalized spacial score (nSPS) is 13.9. The van der Waals surface area contributed by atoms with Crippen molar-refractivity contribution in [1.29, 1.82) is 0 Å². The largest absolute Gasteiger partial charge is 0.480 e. The Morgan fingerprint density at radius 1 is 0.517 bits per heavy atom. The first kappa shape index (κ1) is 57.7. The second-order valence-corrected chi connectivity index (χ2v) is 17.7. The van der Waals surface area contributed by atoms with Gasteiger partial charge in [0.25, 0.3) is 0 Å². The number of phosphoric acid groups is 1. The molecule has 0 aromatic carbocycles. The Kier molecular flexibility index (Phi) is 41.7. The second kappa shape index (κ2) is 43.4. The number of carbonyl (C=O) groups is 3. The minimum absolute atomic E-state index is 0.156. The molecule has 0 aromatic rings. The maximum absolute atomic E-state index is 12.7. The van der Waals surface area contributed by atoms with E-state index in [1.807, 2.05) is 0 Å². The SMILES string of the molecule is CCCCC/C=C\C/C=C\CCCCCCCCCCCC(=O)OC[C@H](COP(=O)(O)OC[C@H](N)C(=O)O)OC(=O)CCCCCCCCC/C=C\CCCCCCCC. The Labute approximate surface area is 365 Å². The van der Waals surface area contributed by atoms with Crippen LogP contribution in [0, 0.1) is 0 Å². The summed E-state index contributed by atoms with van der Waals surface area (Å²) >= 11 is 0. The van der Waals surface area contributed by atoms with Crippen molar-refractivity contribution in [2.45, 2.75) is 231 Å². The van der Waals surface area contributed by atoms with E-state index in [9.17, 15) is 23.8 Å². The molecule has 0 spiro atoms. The lowest BCUT2D eigenvalue weighted by atomic mass is 10.1. The van der Waals surface area contributed by atoms with E-state index in [0.717, 1.165) is 64.2 Å². The number of allylic oxidation sites excluding steroid dienone is 6. The summed E-state index contributed by atoms with van der Waals surface area (Å²) in [6, 6.07) is -1.52. The highest BCUT2D eigenvalue weighted by Crippen LogP contribution is 2.43. The molecule has 0 rings (SSSR count). The fourth-order valence-electron chi connectivity index (χ4n) is 6.56. The standard InChI is InChI=1S/C48H88NO10P/c1-3-5-7-9-11-13-15-17-19-21-22-24-25-27-29-31-33-35-37-39-46(50)56-41-44(42-57-60(54,55)58-43-45(49)48(52)53)59-47(51)40-38-36-34-32-30-28-26-23-20-18-16-14-12-10-8-6-4-2/h11,13,17-20,44-45H,3-10,12,14-16,21-43,49H2,1-2H3,(H,52,53)(H,54,55)/b13-11-,19-17-,20-18-/t44-,45+/m1/s1. The van der Waals surface area contributed by atoms with Crippen LogP contribution in [0.1, 0.15) is 219 Å². The molecule has 0 heterocycles. The van der Waals surface area contributed by atoms with Gasteiger partial charge in [-0.3, -0.25) is 23.4 Å². The number of unbranched alkanes of at least 4 members (excludes halogenated alkanes) is 25. The molecule has 0 amide bonds. The molecule has 0 aliphatic heterocycles. The predicted molar refractivity (Wildman–Crippen MR) is 245 cm³/mol. The molecule has 0 saturated carbocycles. The number of nitrogens with two attached hydrogens (primary N) is 1. The van der Waals surface area contributed by atoms with Crippen LogP contribution in [0.5, 0.6) is 0 Å². The van der Waals surface area contributed by atoms with Crippen LogP contribution in [0.25, 0.3) is 0 Å². The van der Waals surface area contributed by atoms with Crippen LogP contribution in [0.15, 0.2) is 36.5 Å². The van der Waals surface area contributed by atoms with Crippen LogP contribution in [0.3, 0.4) is 0 Å². The summed E-state index contributed by atoms with van der Waals surface area (Å²) in [5.41, 5.74) is 5.34. The summed E-state index contributed by atoms with van der Waals surface area (Å²) in [6.07, 6.45) is 47.7. The molecule has 0 aromatic heterocycles. The van der Waals surface area contributed by atoms with Gasteiger partial charge in [-0.05, 0) is 70.6 Å². The molecular weight excluding hydrogens is 781 g/mol. The van der Waals surface area contributed by atoms with E-state index in [2.05, 4.69) is 54.8 Å². The summed E-state index contributed by atoms with van der Waals surface area (Å²) in [5, 5.41) is 8.91. The molecule has 11 nitrogen and oxygen atoms in total. The van der Waals surface area contributed by atoms with E-state index in [1.165, 1.54) is 116 Å². The average molecular weight is 870 g/mol. The first-order valence-corrected chi connectivity index (χ1v) is 25.5. The lowest BCUT2D eigenvalue weighted by molar-refractivity contribution is -0.161. The smallest absolute Gasteiger partial charge is 0.472 e. The lowest BCUT2D eigenvalue weighted by Gasteiger charge is -2.20. The predicted octanol–water partition coefficient (Wildman–Crippen LogP) is 13.2. The fourth-order valence-corrected chi connectivity index (χ4v) is 7.34. The van der Waals surface area contributed by atoms with Gasteiger partial charge in [0.2, 0.25) is 0 Å². The first-order chi connectivity index (χ1) is 29.1. The van der Waals surface area contributed by atoms with Gasteiger partial charge in [-0.15, -0.1) is 0 Å². The quantitative estimate of drug-likeness (QED) is 0.0230. The highest BCUT2D eigenvalue weighted by molar-refractivity contribution is 7.47. The van der Waals surface area contributed by atoms with Crippen LogP contribution in [0.4, 0.5) is 0 Å². The van der Waals surface area contributed by atoms with Crippen molar-refractivity contribution in [3.05, 3.63) is 36.5 Å². The van der Waals surface area contributed by atoms with Gasteiger partial charge in [-0.1, -0.05) is 172 Å². The topological polar surface area (TPSA) is 172 Å². The highest BCUT2D eigenvalue weighted by atomic mass is 31.2. The molecule has 4 N–H and O–H groups in total. The summed E-state index contributed by atoms with van der Waals surface area (Å²) in [4.78, 5) is 46.1. The first-order valence-electron chi connectivity index (χ1n) is 24.0. The molecule has 0 aliphatic carbocycles. The molecule has 0 saturated heterocycles. The van der Waals surface area contributed by atoms with Gasteiger partial charge in [-0.25, -0.2) is 4.57 Å². The van der Waals surface area contributed by atoms with Crippen molar-refractivity contribution in [1.82, 2.24) is 0 Å². The molecule has 12 heteroatoms. The van der Waals surface area contributed by atoms with Gasteiger partial charge in [0.1, 0.15) is 12.6 Å². The van der Waals surface area contributed by atoms with Crippen LogP contribution in [0.2, 0.25) is 0 Å². The number of hydrogen-bond donors (Lipinski definition) is 3. The monoisotopic (exact) mass is 870 g/mol. The number of carboxylic acids is 1. The summed E-state index contributed by atoms with van der Waals surface area (Å²) < 4.78 is 32.8. The number of hydrogen-bond acceptors (Lipinski definition) is 9. The van der Waals surface area contributed by atoms with E-state index < -0.39 is 51.1 Å². The van der Waals surface area contributed by atoms with Crippen molar-refractivity contribution in [2.24, 2.45) is 5.73 Å². The Hall–Kier alpha value is -2.30. The number of rotatable bonds is 45. The van der Waals surface area contributed by atoms with Gasteiger partial charge in [0.05, 0.1) is 13.2 Å². The lowest BCUT2D eigenvalue weighted by Crippen LogP contribution is -2.34. The number of phosphoric ester groups is 1. The minimum Gasteiger partial charge on any atom is -0.480 e. The third kappa shape index (κ3) is 42.4. The van der Waals surface area contributed by atoms with Gasteiger partial charge in [0, 0.05) is 12.8 Å². The second-order valence-electron chi connectivity index (χ2n) is 16.2. The number of aliphatic carboxylic acids is 1. The molecule has 1 unspecified atom stereocenters. The van der Waals surface area contributed by atoms with E-state index >= 15 is 0 Å². The van der Waals surface area contributed by atoms with Crippen molar-refractivity contribution in [2.75, 3.05) is 19.8 Å². The molecule has 0 aliphatic rings. The molecule has 60 heavy (non-hydrogen) atoms. The Balaban J connectivity index is 4.30. The van der Waals surface area contributed by atoms with Crippen LogP contribution in [-0.2, 0) is 37.5 Å². The van der Waals surface area contributed by atoms with Gasteiger partial charge in [0.15, 0.2) is 6.10 Å². The molecule has 3 atom stereocenters. The molecule has 0 radical (unpaired) electrons. The molecule has 0 bridgehead atoms. The molecule has 0 fully saturated rings. The van der Waals surface area contributed by atoms with Crippen molar-refractivity contribution in [3.8, 4) is 0 Å². The molecule has 350 valence electrons. The van der Waals surface area contributed by atoms with Gasteiger partial charge < -0.3 is 25.2 Å². The summed E-state index contributed by atoms with van der Waals surface area (Å²) in [7, 11) is -4.72. The van der Waals surface area contributed by atoms with E-state index in [4.69, 9.17) is 24.8 Å². The van der Waals surface area contributed by atoms with Crippen LogP contribution in [-0.4, -0.2) is 59.9 Å². The van der Waals surface area contributed by atoms with Gasteiger partial charge >= 0.3 is 25.7 Å². The zero-order chi connectivity index (χ0) is 44.2. The zero-order valence-electron chi connectivity index (χ0n) is 38.1. The van der Waals surface area contributed by atoms with Crippen LogP contribution < -0.4 is 5.73 Å². The van der Waals surface area contributed by atoms with Crippen molar-refractivity contribution in [3.63, 3.8) is 0 Å². The van der Waals surface area contributed by atoms with E-state index in [-0.39, 0.29) is 19.4 Å². The number of carbonyl (C=O) groups excluding carboxylic acids is 2. The fraction of sp³-hybridized carbons (Fsp3) is 0.812. The molecular formula is C48H88NO10P. The van der Waals surface area contributed by atoms with Crippen molar-refractivity contribution >= 4 is 25.7 Å². The Morgan fingerprint density at radius 2 is 0.883 bits per heavy atom. The average Bonchev–Trinajstić information content (AvgIpc) is 3.22. The third-order valence-corrected chi connectivity index (χ3v) is 11.3. The Morgan fingerprint density at radius 3 is 1.35 bits per heavy atom. The summed E-state index contributed by atoms with van der Waals surface area (Å²) in [6.45, 7) is 2.79. The maximum atomic E-state index is 12.7. The zero-order valence-corrected chi connectivity index (χ0v) is 38.9. The minimum atomic E-state index is -4.72. The Bertz CT molecular complexity index is 1160. The third-order valence-electron chi connectivity index (χ3n) is 10.4. The number of carboxylic acid groups (broad SMARTS) is 1. The summed E-state index contributed by atoms with van der Waals surface area (Å²) in [5.74, 6) is -2.38.